The molecule has 4 heterocycles. The number of nitrogens with zero attached hydrogens (tertiary/aromatic N) is 4. The van der Waals surface area contributed by atoms with E-state index in [1.807, 2.05) is 25.1 Å². The van der Waals surface area contributed by atoms with Crippen molar-refractivity contribution in [3.05, 3.63) is 42.6 Å². The molecule has 0 radical (unpaired) electrons. The van der Waals surface area contributed by atoms with Crippen LogP contribution in [0.1, 0.15) is 13.8 Å². The lowest BCUT2D eigenvalue weighted by molar-refractivity contribution is 0.0533. The molecular weight excluding hydrogens is 382 g/mol. The van der Waals surface area contributed by atoms with Crippen LogP contribution >= 0.6 is 0 Å². The van der Waals surface area contributed by atoms with Crippen molar-refractivity contribution in [1.29, 1.82) is 0 Å². The largest absolute Gasteiger partial charge is 0.475 e. The number of morpholine rings is 1. The maximum absolute atomic E-state index is 6.20. The normalized spacial score (nSPS) is 18.2. The zero-order valence-electron chi connectivity index (χ0n) is 17.1. The summed E-state index contributed by atoms with van der Waals surface area (Å²) in [5.74, 6) is 1.21. The third-order valence-corrected chi connectivity index (χ3v) is 5.20. The number of hydrogen-bond donors (Lipinski definition) is 1. The van der Waals surface area contributed by atoms with Crippen LogP contribution in [-0.4, -0.2) is 53.0 Å². The molecule has 0 unspecified atom stereocenters. The van der Waals surface area contributed by atoms with Gasteiger partial charge in [-0.15, -0.1) is 5.10 Å². The second kappa shape index (κ2) is 7.62. The van der Waals surface area contributed by atoms with E-state index in [1.165, 1.54) is 0 Å². The average molecular weight is 407 g/mol. The number of imidazole rings is 1. The lowest BCUT2D eigenvalue weighted by Crippen LogP contribution is -2.41. The van der Waals surface area contributed by atoms with E-state index < -0.39 is 0 Å². The van der Waals surface area contributed by atoms with Crippen molar-refractivity contribution in [3.63, 3.8) is 0 Å². The van der Waals surface area contributed by atoms with Gasteiger partial charge in [-0.3, -0.25) is 0 Å². The van der Waals surface area contributed by atoms with Crippen molar-refractivity contribution in [2.45, 2.75) is 26.0 Å². The molecule has 8 heteroatoms. The minimum absolute atomic E-state index is 0.0681. The number of anilines is 1. The summed E-state index contributed by atoms with van der Waals surface area (Å²) in [4.78, 5) is 6.81. The van der Waals surface area contributed by atoms with Gasteiger partial charge in [-0.05, 0) is 38.1 Å². The lowest BCUT2D eigenvalue weighted by atomic mass is 10.1. The van der Waals surface area contributed by atoms with Gasteiger partial charge in [0.25, 0.3) is 0 Å². The maximum atomic E-state index is 6.20. The van der Waals surface area contributed by atoms with Gasteiger partial charge >= 0.3 is 0 Å². The first kappa shape index (κ1) is 18.9. The zero-order valence-corrected chi connectivity index (χ0v) is 17.1. The SMILES string of the molecule is C[C@@H](N)COc1ccc2ncc(-c3cc4c(N5CCO[C@@H](C)C5)cccc4o3)n2n1. The van der Waals surface area contributed by atoms with E-state index in [4.69, 9.17) is 19.6 Å². The molecule has 0 bridgehead atoms. The number of fused-ring (bicyclic) bond motifs is 2. The van der Waals surface area contributed by atoms with Crippen molar-refractivity contribution >= 4 is 22.3 Å². The first-order chi connectivity index (χ1) is 14.6. The van der Waals surface area contributed by atoms with E-state index in [0.29, 0.717) is 18.2 Å². The van der Waals surface area contributed by atoms with Gasteiger partial charge in [-0.1, -0.05) is 6.07 Å². The molecule has 0 saturated carbocycles. The van der Waals surface area contributed by atoms with Gasteiger partial charge in [0, 0.05) is 36.3 Å². The molecule has 3 aromatic heterocycles. The summed E-state index contributed by atoms with van der Waals surface area (Å²) < 4.78 is 19.3. The monoisotopic (exact) mass is 407 g/mol. The average Bonchev–Trinajstić information content (AvgIpc) is 3.35. The maximum Gasteiger partial charge on any atom is 0.231 e. The molecule has 2 N–H and O–H groups in total. The molecule has 1 aliphatic rings. The highest BCUT2D eigenvalue weighted by molar-refractivity contribution is 5.94. The summed E-state index contributed by atoms with van der Waals surface area (Å²) in [6, 6.07) is 11.8. The minimum Gasteiger partial charge on any atom is -0.475 e. The molecule has 4 aromatic rings. The van der Waals surface area contributed by atoms with E-state index in [1.54, 1.807) is 16.8 Å². The van der Waals surface area contributed by atoms with Crippen LogP contribution in [-0.2, 0) is 4.74 Å². The summed E-state index contributed by atoms with van der Waals surface area (Å²) in [6.45, 7) is 6.83. The van der Waals surface area contributed by atoms with Crippen LogP contribution < -0.4 is 15.4 Å². The standard InChI is InChI=1S/C22H25N5O3/c1-14(23)13-29-22-7-6-21-24-11-18(27(21)25-22)20-10-16-17(4-3-5-19(16)30-20)26-8-9-28-15(2)12-26/h3-7,10-11,14-15H,8-9,12-13,23H2,1-2H3/t14-,15+/m1/s1. The van der Waals surface area contributed by atoms with Crippen molar-refractivity contribution in [3.8, 4) is 17.3 Å². The summed E-state index contributed by atoms with van der Waals surface area (Å²) in [7, 11) is 0. The van der Waals surface area contributed by atoms with Crippen molar-refractivity contribution in [2.24, 2.45) is 5.73 Å². The number of nitrogens with two attached hydrogens (primary N) is 1. The van der Waals surface area contributed by atoms with E-state index >= 15 is 0 Å². The van der Waals surface area contributed by atoms with E-state index in [2.05, 4.69) is 34.0 Å². The highest BCUT2D eigenvalue weighted by Crippen LogP contribution is 2.34. The van der Waals surface area contributed by atoms with Gasteiger partial charge in [0.05, 0.1) is 18.9 Å². The minimum atomic E-state index is -0.0681. The molecule has 1 aromatic carbocycles. The topological polar surface area (TPSA) is 91.0 Å². The van der Waals surface area contributed by atoms with Crippen LogP contribution in [0.2, 0.25) is 0 Å². The fourth-order valence-corrected chi connectivity index (χ4v) is 3.80. The Morgan fingerprint density at radius 1 is 1.30 bits per heavy atom. The predicted octanol–water partition coefficient (Wildman–Crippen LogP) is 3.09. The van der Waals surface area contributed by atoms with Crippen LogP contribution in [0.25, 0.3) is 28.1 Å². The Morgan fingerprint density at radius 3 is 3.03 bits per heavy atom. The highest BCUT2D eigenvalue weighted by atomic mass is 16.5. The molecule has 2 atom stereocenters. The molecule has 0 spiro atoms. The van der Waals surface area contributed by atoms with Crippen LogP contribution in [0, 0.1) is 0 Å². The molecule has 1 aliphatic heterocycles. The van der Waals surface area contributed by atoms with Gasteiger partial charge < -0.3 is 24.5 Å². The van der Waals surface area contributed by atoms with Gasteiger partial charge in [0.2, 0.25) is 5.88 Å². The molecule has 156 valence electrons. The second-order valence-corrected chi connectivity index (χ2v) is 7.80. The Hall–Kier alpha value is -3.10. The van der Waals surface area contributed by atoms with Crippen LogP contribution in [0.4, 0.5) is 5.69 Å². The Bertz CT molecular complexity index is 1180. The van der Waals surface area contributed by atoms with Crippen molar-refractivity contribution < 1.29 is 13.9 Å². The van der Waals surface area contributed by atoms with E-state index in [9.17, 15) is 0 Å². The highest BCUT2D eigenvalue weighted by Gasteiger charge is 2.21. The molecular formula is C22H25N5O3. The Balaban J connectivity index is 1.54. The van der Waals surface area contributed by atoms with Crippen molar-refractivity contribution in [1.82, 2.24) is 14.6 Å². The first-order valence-electron chi connectivity index (χ1n) is 10.2. The Morgan fingerprint density at radius 2 is 2.20 bits per heavy atom. The summed E-state index contributed by atoms with van der Waals surface area (Å²) in [5.41, 5.74) is 9.26. The number of benzene rings is 1. The van der Waals surface area contributed by atoms with Gasteiger partial charge in [-0.2, -0.15) is 0 Å². The second-order valence-electron chi connectivity index (χ2n) is 7.80. The number of furan rings is 1. The van der Waals surface area contributed by atoms with Gasteiger partial charge in [-0.25, -0.2) is 9.50 Å². The first-order valence-corrected chi connectivity index (χ1v) is 10.2. The Labute approximate surface area is 174 Å². The molecule has 1 fully saturated rings. The number of ether oxygens (including phenoxy) is 2. The summed E-state index contributed by atoms with van der Waals surface area (Å²) in [6.07, 6.45) is 1.98. The van der Waals surface area contributed by atoms with Crippen molar-refractivity contribution in [2.75, 3.05) is 31.2 Å². The van der Waals surface area contributed by atoms with E-state index in [0.717, 1.165) is 47.7 Å². The third-order valence-electron chi connectivity index (χ3n) is 5.20. The molecule has 0 aliphatic carbocycles. The van der Waals surface area contributed by atoms with Crippen LogP contribution in [0.15, 0.2) is 47.0 Å². The predicted molar refractivity (Wildman–Crippen MR) is 115 cm³/mol. The smallest absolute Gasteiger partial charge is 0.231 e. The molecule has 5 rings (SSSR count). The molecule has 30 heavy (non-hydrogen) atoms. The molecule has 8 nitrogen and oxygen atoms in total. The summed E-state index contributed by atoms with van der Waals surface area (Å²) in [5, 5.41) is 5.64. The van der Waals surface area contributed by atoms with Gasteiger partial charge in [0.15, 0.2) is 11.4 Å². The van der Waals surface area contributed by atoms with Crippen LogP contribution in [0.5, 0.6) is 5.88 Å². The molecule has 1 saturated heterocycles. The quantitative estimate of drug-likeness (QED) is 0.543. The number of aromatic nitrogens is 3. The lowest BCUT2D eigenvalue weighted by Gasteiger charge is -2.33. The number of rotatable bonds is 5. The zero-order chi connectivity index (χ0) is 20.7. The van der Waals surface area contributed by atoms with Gasteiger partial charge in [0.1, 0.15) is 17.9 Å². The third kappa shape index (κ3) is 3.48. The van der Waals surface area contributed by atoms with Crippen LogP contribution in [0.3, 0.4) is 0 Å². The molecule has 0 amide bonds. The summed E-state index contributed by atoms with van der Waals surface area (Å²) >= 11 is 0. The fraction of sp³-hybridized carbons (Fsp3) is 0.364. The Kier molecular flexibility index (Phi) is 4.80. The number of hydrogen-bond acceptors (Lipinski definition) is 7. The fourth-order valence-electron chi connectivity index (χ4n) is 3.80. The van der Waals surface area contributed by atoms with E-state index in [-0.39, 0.29) is 12.1 Å².